The summed E-state index contributed by atoms with van der Waals surface area (Å²) in [4.78, 5) is 19.5. The third-order valence-electron chi connectivity index (χ3n) is 2.26. The van der Waals surface area contributed by atoms with Crippen LogP contribution in [0.15, 0.2) is 30.7 Å². The molecule has 2 aromatic rings. The molecule has 5 nitrogen and oxygen atoms in total. The topological polar surface area (TPSA) is 59.8 Å². The molecule has 0 fully saturated rings. The number of alkyl halides is 2. The standard InChI is InChI=1S/C11H9ClF2N4O/c12-8-4-16-10(5-15-8)17-11(19)7-2-1-3-18(7)6-9(13)14/h1-5,9H,6H2,(H,16,17,19). The molecule has 0 aromatic carbocycles. The van der Waals surface area contributed by atoms with E-state index in [0.29, 0.717) is 0 Å². The van der Waals surface area contributed by atoms with Gasteiger partial charge in [-0.15, -0.1) is 0 Å². The van der Waals surface area contributed by atoms with Crippen molar-refractivity contribution in [2.45, 2.75) is 13.0 Å². The minimum absolute atomic E-state index is 0.122. The number of amides is 1. The van der Waals surface area contributed by atoms with Crippen LogP contribution >= 0.6 is 11.6 Å². The number of nitrogens with one attached hydrogen (secondary N) is 1. The van der Waals surface area contributed by atoms with E-state index in [0.717, 1.165) is 0 Å². The second-order valence-electron chi connectivity index (χ2n) is 3.62. The number of hydrogen-bond donors (Lipinski definition) is 1. The second kappa shape index (κ2) is 5.75. The molecule has 0 saturated carbocycles. The molecule has 100 valence electrons. The zero-order valence-electron chi connectivity index (χ0n) is 9.55. The van der Waals surface area contributed by atoms with Crippen molar-refractivity contribution in [3.8, 4) is 0 Å². The average Bonchev–Trinajstić information content (AvgIpc) is 2.79. The average molecular weight is 287 g/mol. The Balaban J connectivity index is 2.11. The van der Waals surface area contributed by atoms with Gasteiger partial charge in [-0.1, -0.05) is 11.6 Å². The molecule has 0 aliphatic carbocycles. The van der Waals surface area contributed by atoms with Crippen molar-refractivity contribution in [3.05, 3.63) is 41.6 Å². The van der Waals surface area contributed by atoms with E-state index < -0.39 is 18.9 Å². The number of anilines is 1. The first-order valence-electron chi connectivity index (χ1n) is 5.28. The Morgan fingerprint density at radius 2 is 2.21 bits per heavy atom. The maximum absolute atomic E-state index is 12.3. The second-order valence-corrected chi connectivity index (χ2v) is 4.00. The minimum atomic E-state index is -2.53. The summed E-state index contributed by atoms with van der Waals surface area (Å²) < 4.78 is 25.8. The SMILES string of the molecule is O=C(Nc1cnc(Cl)cn1)c1cccn1CC(F)F. The predicted octanol–water partition coefficient (Wildman–Crippen LogP) is 2.45. The lowest BCUT2D eigenvalue weighted by Crippen LogP contribution is -2.19. The van der Waals surface area contributed by atoms with Crippen molar-refractivity contribution in [2.75, 3.05) is 5.32 Å². The van der Waals surface area contributed by atoms with Crippen LogP contribution in [-0.2, 0) is 6.54 Å². The number of rotatable bonds is 4. The van der Waals surface area contributed by atoms with Crippen LogP contribution in [0.2, 0.25) is 5.15 Å². The molecule has 2 heterocycles. The summed E-state index contributed by atoms with van der Waals surface area (Å²) >= 11 is 5.56. The summed E-state index contributed by atoms with van der Waals surface area (Å²) in [5.41, 5.74) is 0.122. The van der Waals surface area contributed by atoms with E-state index in [-0.39, 0.29) is 16.7 Å². The Hall–Kier alpha value is -2.02. The van der Waals surface area contributed by atoms with Crippen molar-refractivity contribution < 1.29 is 13.6 Å². The molecule has 2 rings (SSSR count). The van der Waals surface area contributed by atoms with Crippen LogP contribution in [0.3, 0.4) is 0 Å². The third kappa shape index (κ3) is 3.47. The maximum atomic E-state index is 12.3. The Bertz CT molecular complexity index is 570. The summed E-state index contributed by atoms with van der Waals surface area (Å²) in [5, 5.41) is 2.64. The Labute approximate surface area is 112 Å². The van der Waals surface area contributed by atoms with Gasteiger partial charge in [0.25, 0.3) is 12.3 Å². The first-order chi connectivity index (χ1) is 9.06. The van der Waals surface area contributed by atoms with Crippen molar-refractivity contribution in [2.24, 2.45) is 0 Å². The highest BCUT2D eigenvalue weighted by molar-refractivity contribution is 6.29. The number of aromatic nitrogens is 3. The number of hydrogen-bond acceptors (Lipinski definition) is 3. The predicted molar refractivity (Wildman–Crippen MR) is 65.4 cm³/mol. The molecular weight excluding hydrogens is 278 g/mol. The minimum Gasteiger partial charge on any atom is -0.338 e. The fraction of sp³-hybridized carbons (Fsp3) is 0.182. The van der Waals surface area contributed by atoms with E-state index in [1.807, 2.05) is 0 Å². The van der Waals surface area contributed by atoms with Crippen LogP contribution in [-0.4, -0.2) is 26.9 Å². The normalized spacial score (nSPS) is 10.7. The quantitative estimate of drug-likeness (QED) is 0.939. The fourth-order valence-electron chi connectivity index (χ4n) is 1.49. The highest BCUT2D eigenvalue weighted by Gasteiger charge is 2.14. The lowest BCUT2D eigenvalue weighted by Gasteiger charge is -2.08. The summed E-state index contributed by atoms with van der Waals surface area (Å²) in [6, 6.07) is 2.96. The lowest BCUT2D eigenvalue weighted by molar-refractivity contribution is 0.0997. The molecule has 1 amide bonds. The van der Waals surface area contributed by atoms with Crippen LogP contribution < -0.4 is 5.32 Å². The summed E-state index contributed by atoms with van der Waals surface area (Å²) in [7, 11) is 0. The van der Waals surface area contributed by atoms with Gasteiger partial charge < -0.3 is 9.88 Å². The third-order valence-corrected chi connectivity index (χ3v) is 2.45. The van der Waals surface area contributed by atoms with Gasteiger partial charge in [-0.2, -0.15) is 0 Å². The maximum Gasteiger partial charge on any atom is 0.273 e. The first-order valence-corrected chi connectivity index (χ1v) is 5.66. The molecule has 0 spiro atoms. The van der Waals surface area contributed by atoms with Crippen LogP contribution in [0.4, 0.5) is 14.6 Å². The monoisotopic (exact) mass is 286 g/mol. The van der Waals surface area contributed by atoms with Gasteiger partial charge in [0.05, 0.1) is 18.9 Å². The smallest absolute Gasteiger partial charge is 0.273 e. The molecule has 0 radical (unpaired) electrons. The summed E-state index contributed by atoms with van der Waals surface area (Å²) in [6.45, 7) is -0.540. The molecule has 19 heavy (non-hydrogen) atoms. The lowest BCUT2D eigenvalue weighted by atomic mass is 10.4. The fourth-order valence-corrected chi connectivity index (χ4v) is 1.58. The van der Waals surface area contributed by atoms with E-state index in [9.17, 15) is 13.6 Å². The van der Waals surface area contributed by atoms with Gasteiger partial charge in [0.2, 0.25) is 0 Å². The summed E-state index contributed by atoms with van der Waals surface area (Å²) in [6.07, 6.45) is 1.43. The van der Waals surface area contributed by atoms with Gasteiger partial charge >= 0.3 is 0 Å². The number of carbonyl (C=O) groups is 1. The van der Waals surface area contributed by atoms with Crippen molar-refractivity contribution in [1.29, 1.82) is 0 Å². The zero-order chi connectivity index (χ0) is 13.8. The van der Waals surface area contributed by atoms with Crippen LogP contribution in [0.1, 0.15) is 10.5 Å². The Morgan fingerprint density at radius 1 is 1.42 bits per heavy atom. The molecule has 0 aliphatic rings. The van der Waals surface area contributed by atoms with Crippen molar-refractivity contribution >= 4 is 23.3 Å². The van der Waals surface area contributed by atoms with Gasteiger partial charge in [0, 0.05) is 6.20 Å². The molecule has 0 saturated heterocycles. The zero-order valence-corrected chi connectivity index (χ0v) is 10.3. The highest BCUT2D eigenvalue weighted by atomic mass is 35.5. The molecule has 0 aliphatic heterocycles. The largest absolute Gasteiger partial charge is 0.338 e. The Kier molecular flexibility index (Phi) is 4.06. The molecule has 8 heteroatoms. The van der Waals surface area contributed by atoms with Gasteiger partial charge in [0.1, 0.15) is 10.8 Å². The van der Waals surface area contributed by atoms with Gasteiger partial charge in [-0.3, -0.25) is 4.79 Å². The number of nitrogens with zero attached hydrogens (tertiary/aromatic N) is 3. The number of halogens is 3. The van der Waals surface area contributed by atoms with Crippen molar-refractivity contribution in [3.63, 3.8) is 0 Å². The van der Waals surface area contributed by atoms with Gasteiger partial charge in [0.15, 0.2) is 5.82 Å². The van der Waals surface area contributed by atoms with E-state index >= 15 is 0 Å². The van der Waals surface area contributed by atoms with Crippen molar-refractivity contribution in [1.82, 2.24) is 14.5 Å². The Morgan fingerprint density at radius 3 is 2.84 bits per heavy atom. The molecule has 1 N–H and O–H groups in total. The molecule has 2 aromatic heterocycles. The van der Waals surface area contributed by atoms with Gasteiger partial charge in [-0.25, -0.2) is 18.7 Å². The van der Waals surface area contributed by atoms with Crippen LogP contribution in [0.5, 0.6) is 0 Å². The van der Waals surface area contributed by atoms with E-state index in [1.54, 1.807) is 0 Å². The van der Waals surface area contributed by atoms with Crippen LogP contribution in [0.25, 0.3) is 0 Å². The highest BCUT2D eigenvalue weighted by Crippen LogP contribution is 2.10. The molecule has 0 unspecified atom stereocenters. The molecule has 0 bridgehead atoms. The summed E-state index contributed by atoms with van der Waals surface area (Å²) in [5.74, 6) is -0.346. The number of carbonyl (C=O) groups excluding carboxylic acids is 1. The molecule has 0 atom stereocenters. The van der Waals surface area contributed by atoms with E-state index in [2.05, 4.69) is 15.3 Å². The van der Waals surface area contributed by atoms with E-state index in [1.165, 1.54) is 35.3 Å². The first kappa shape index (κ1) is 13.4. The van der Waals surface area contributed by atoms with E-state index in [4.69, 9.17) is 11.6 Å². The molecular formula is C11H9ClF2N4O. The van der Waals surface area contributed by atoms with Crippen LogP contribution in [0, 0.1) is 0 Å². The van der Waals surface area contributed by atoms with Gasteiger partial charge in [-0.05, 0) is 12.1 Å².